The van der Waals surface area contributed by atoms with E-state index in [0.717, 1.165) is 5.56 Å². The number of sulfonamides is 1. The van der Waals surface area contributed by atoms with Gasteiger partial charge in [0.15, 0.2) is 0 Å². The molecule has 0 heterocycles. The zero-order valence-corrected chi connectivity index (χ0v) is 15.5. The number of nitrogens with one attached hydrogen (secondary N) is 1. The number of carboxylic acid groups (broad SMARTS) is 1. The van der Waals surface area contributed by atoms with Crippen molar-refractivity contribution in [2.75, 3.05) is 13.2 Å². The van der Waals surface area contributed by atoms with Gasteiger partial charge in [0.25, 0.3) is 0 Å². The average molecular weight is 398 g/mol. The summed E-state index contributed by atoms with van der Waals surface area (Å²) < 4.78 is 26.9. The highest BCUT2D eigenvalue weighted by Gasteiger charge is 2.19. The fraction of sp³-hybridized carbons (Fsp3) is 0.278. The molecule has 1 unspecified atom stereocenters. The van der Waals surface area contributed by atoms with Crippen LogP contribution in [0, 0.1) is 0 Å². The Morgan fingerprint density at radius 2 is 1.69 bits per heavy atom. The van der Waals surface area contributed by atoms with E-state index in [1.807, 2.05) is 0 Å². The maximum absolute atomic E-state index is 12.2. The van der Waals surface area contributed by atoms with Gasteiger partial charge in [0.05, 0.1) is 10.8 Å². The molecule has 0 bridgehead atoms. The molecule has 0 aliphatic carbocycles. The van der Waals surface area contributed by atoms with Crippen LogP contribution in [0.1, 0.15) is 23.5 Å². The van der Waals surface area contributed by atoms with E-state index in [0.29, 0.717) is 17.0 Å². The lowest BCUT2D eigenvalue weighted by Crippen LogP contribution is -2.26. The molecule has 0 saturated carbocycles. The predicted octanol–water partition coefficient (Wildman–Crippen LogP) is 2.41. The van der Waals surface area contributed by atoms with Gasteiger partial charge in [-0.05, 0) is 48.2 Å². The van der Waals surface area contributed by atoms with E-state index in [1.54, 1.807) is 24.3 Å². The lowest BCUT2D eigenvalue weighted by atomic mass is 9.95. The average Bonchev–Trinajstić information content (AvgIpc) is 2.60. The molecule has 26 heavy (non-hydrogen) atoms. The number of hydrogen-bond donors (Lipinski definition) is 3. The van der Waals surface area contributed by atoms with E-state index >= 15 is 0 Å². The van der Waals surface area contributed by atoms with Gasteiger partial charge in [-0.1, -0.05) is 35.9 Å². The fourth-order valence-electron chi connectivity index (χ4n) is 2.51. The van der Waals surface area contributed by atoms with E-state index in [1.165, 1.54) is 24.3 Å². The van der Waals surface area contributed by atoms with Gasteiger partial charge in [-0.2, -0.15) is 0 Å². The van der Waals surface area contributed by atoms with E-state index in [-0.39, 0.29) is 24.5 Å². The predicted molar refractivity (Wildman–Crippen MR) is 98.9 cm³/mol. The molecule has 2 aromatic rings. The van der Waals surface area contributed by atoms with Crippen LogP contribution >= 0.6 is 11.6 Å². The van der Waals surface area contributed by atoms with Crippen LogP contribution in [0.25, 0.3) is 0 Å². The van der Waals surface area contributed by atoms with E-state index in [2.05, 4.69) is 4.72 Å². The normalized spacial score (nSPS) is 12.7. The van der Waals surface area contributed by atoms with Crippen molar-refractivity contribution in [2.24, 2.45) is 0 Å². The van der Waals surface area contributed by atoms with Crippen LogP contribution in [-0.2, 0) is 21.2 Å². The summed E-state index contributed by atoms with van der Waals surface area (Å²) in [6.45, 7) is 0.00843. The summed E-state index contributed by atoms with van der Waals surface area (Å²) in [7, 11) is -3.60. The van der Waals surface area contributed by atoms with Crippen LogP contribution in [0.5, 0.6) is 0 Å². The van der Waals surface area contributed by atoms with Gasteiger partial charge in [-0.3, -0.25) is 4.79 Å². The van der Waals surface area contributed by atoms with Crippen molar-refractivity contribution in [3.8, 4) is 0 Å². The summed E-state index contributed by atoms with van der Waals surface area (Å²) in [6, 6.07) is 12.8. The molecule has 0 aliphatic rings. The van der Waals surface area contributed by atoms with E-state index in [4.69, 9.17) is 16.7 Å². The number of carboxylic acids is 1. The number of carbonyl (C=O) groups is 1. The lowest BCUT2D eigenvalue weighted by molar-refractivity contribution is -0.139. The standard InChI is InChI=1S/C18H20ClNO5S/c19-15-5-7-16(8-6-15)26(24,25)20-11-9-13-1-3-14(4-2-13)17(10-12-21)18(22)23/h1-8,17,20-21H,9-12H2,(H,22,23). The Morgan fingerprint density at radius 3 is 2.23 bits per heavy atom. The molecule has 1 atom stereocenters. The third-order valence-electron chi connectivity index (χ3n) is 3.93. The van der Waals surface area contributed by atoms with Crippen molar-refractivity contribution >= 4 is 27.6 Å². The molecule has 0 aromatic heterocycles. The third kappa shape index (κ3) is 5.54. The Labute approximate surface area is 157 Å². The summed E-state index contributed by atoms with van der Waals surface area (Å²) in [4.78, 5) is 11.4. The van der Waals surface area contributed by atoms with Crippen LogP contribution < -0.4 is 4.72 Å². The van der Waals surface area contributed by atoms with Crippen molar-refractivity contribution in [1.29, 1.82) is 0 Å². The first kappa shape index (κ1) is 20.4. The minimum Gasteiger partial charge on any atom is -0.481 e. The molecule has 0 amide bonds. The van der Waals surface area contributed by atoms with Crippen molar-refractivity contribution in [1.82, 2.24) is 4.72 Å². The smallest absolute Gasteiger partial charge is 0.311 e. The van der Waals surface area contributed by atoms with Crippen LogP contribution in [-0.4, -0.2) is 37.8 Å². The highest BCUT2D eigenvalue weighted by molar-refractivity contribution is 7.89. The first-order chi connectivity index (χ1) is 12.3. The molecule has 0 aliphatic heterocycles. The highest BCUT2D eigenvalue weighted by atomic mass is 35.5. The number of rotatable bonds is 9. The minimum atomic E-state index is -3.60. The zero-order valence-electron chi connectivity index (χ0n) is 13.9. The molecule has 6 nitrogen and oxygen atoms in total. The summed E-state index contributed by atoms with van der Waals surface area (Å²) in [5.41, 5.74) is 1.48. The van der Waals surface area contributed by atoms with Crippen LogP contribution in [0.2, 0.25) is 5.02 Å². The van der Waals surface area contributed by atoms with Crippen molar-refractivity contribution in [2.45, 2.75) is 23.7 Å². The van der Waals surface area contributed by atoms with Crippen LogP contribution in [0.4, 0.5) is 0 Å². The quantitative estimate of drug-likeness (QED) is 0.602. The Bertz CT molecular complexity index is 835. The number of halogens is 1. The molecule has 2 rings (SSSR count). The zero-order chi connectivity index (χ0) is 19.2. The number of aliphatic carboxylic acids is 1. The van der Waals surface area contributed by atoms with Crippen LogP contribution in [0.15, 0.2) is 53.4 Å². The Balaban J connectivity index is 1.95. The largest absolute Gasteiger partial charge is 0.481 e. The molecule has 2 aromatic carbocycles. The van der Waals surface area contributed by atoms with Crippen molar-refractivity contribution < 1.29 is 23.4 Å². The maximum Gasteiger partial charge on any atom is 0.311 e. The molecule has 0 radical (unpaired) electrons. The first-order valence-corrected chi connectivity index (χ1v) is 9.87. The Kier molecular flexibility index (Phi) is 7.16. The number of aliphatic hydroxyl groups excluding tert-OH is 1. The Hall–Kier alpha value is -1.93. The van der Waals surface area contributed by atoms with Crippen molar-refractivity contribution in [3.05, 3.63) is 64.7 Å². The summed E-state index contributed by atoms with van der Waals surface area (Å²) >= 11 is 5.75. The second-order valence-corrected chi connectivity index (χ2v) is 7.95. The molecular weight excluding hydrogens is 378 g/mol. The van der Waals surface area contributed by atoms with Gasteiger partial charge in [0, 0.05) is 18.2 Å². The molecule has 140 valence electrons. The van der Waals surface area contributed by atoms with Crippen LogP contribution in [0.3, 0.4) is 0 Å². The van der Waals surface area contributed by atoms with E-state index in [9.17, 15) is 18.3 Å². The number of benzene rings is 2. The minimum absolute atomic E-state index is 0.144. The molecule has 3 N–H and O–H groups in total. The maximum atomic E-state index is 12.2. The van der Waals surface area contributed by atoms with Crippen molar-refractivity contribution in [3.63, 3.8) is 0 Å². The highest BCUT2D eigenvalue weighted by Crippen LogP contribution is 2.20. The van der Waals surface area contributed by atoms with Gasteiger partial charge in [-0.15, -0.1) is 0 Å². The SMILES string of the molecule is O=C(O)C(CCO)c1ccc(CCNS(=O)(=O)c2ccc(Cl)cc2)cc1. The third-order valence-corrected chi connectivity index (χ3v) is 5.66. The molecule has 0 fully saturated rings. The molecule has 0 saturated heterocycles. The van der Waals surface area contributed by atoms with Gasteiger partial charge in [-0.25, -0.2) is 13.1 Å². The Morgan fingerprint density at radius 1 is 1.08 bits per heavy atom. The van der Waals surface area contributed by atoms with Gasteiger partial charge < -0.3 is 10.2 Å². The van der Waals surface area contributed by atoms with Gasteiger partial charge in [0.1, 0.15) is 0 Å². The fourth-order valence-corrected chi connectivity index (χ4v) is 3.66. The first-order valence-electron chi connectivity index (χ1n) is 8.01. The number of hydrogen-bond acceptors (Lipinski definition) is 4. The monoisotopic (exact) mass is 397 g/mol. The van der Waals surface area contributed by atoms with E-state index < -0.39 is 21.9 Å². The second-order valence-electron chi connectivity index (χ2n) is 5.75. The second kappa shape index (κ2) is 9.14. The lowest BCUT2D eigenvalue weighted by Gasteiger charge is -2.12. The molecule has 8 heteroatoms. The topological polar surface area (TPSA) is 104 Å². The number of aliphatic hydroxyl groups is 1. The summed E-state index contributed by atoms with van der Waals surface area (Å²) in [5.74, 6) is -1.74. The van der Waals surface area contributed by atoms with Gasteiger partial charge >= 0.3 is 5.97 Å². The molecular formula is C18H20ClNO5S. The summed E-state index contributed by atoms with van der Waals surface area (Å²) in [6.07, 6.45) is 0.612. The van der Waals surface area contributed by atoms with Gasteiger partial charge in [0.2, 0.25) is 10.0 Å². The summed E-state index contributed by atoms with van der Waals surface area (Å²) in [5, 5.41) is 18.6. The molecule has 0 spiro atoms.